The molecule has 0 saturated heterocycles. The molecule has 0 aliphatic carbocycles. The van der Waals surface area contributed by atoms with Crippen molar-refractivity contribution < 1.29 is 19.2 Å². The fourth-order valence-corrected chi connectivity index (χ4v) is 0.628. The Morgan fingerprint density at radius 1 is 0.653 bits per heavy atom. The molecule has 0 heterocycles. The maximum atomic E-state index is 10.4. The van der Waals surface area contributed by atoms with Crippen molar-refractivity contribution in [2.45, 2.75) is 217 Å². The molecule has 0 aromatic heterocycles. The molecule has 7 N–H and O–H groups in total. The molecule has 0 fully saturated rings. The summed E-state index contributed by atoms with van der Waals surface area (Å²) in [6.45, 7) is 46.1. The number of nitrogens with one attached hydrogen (secondary N) is 1. The van der Waals surface area contributed by atoms with Gasteiger partial charge in [-0.3, -0.25) is 4.79 Å². The number of carbonyl (C=O) groups is 3. The third-order valence-corrected chi connectivity index (χ3v) is 7.19. The van der Waals surface area contributed by atoms with Crippen molar-refractivity contribution in [2.24, 2.45) is 52.4 Å². The van der Waals surface area contributed by atoms with Crippen LogP contribution in [0.4, 0.5) is 4.79 Å². The van der Waals surface area contributed by atoms with Crippen molar-refractivity contribution in [1.29, 1.82) is 0 Å². The molecule has 0 radical (unpaired) electrons. The Kier molecular flexibility index (Phi) is 71.6. The second-order valence-electron chi connectivity index (χ2n) is 15.0. The summed E-state index contributed by atoms with van der Waals surface area (Å²) in [7, 11) is 0. The van der Waals surface area contributed by atoms with Crippen molar-refractivity contribution in [1.82, 2.24) is 5.32 Å². The fraction of sp³-hybridized carbons (Fsp3) is 0.927. The summed E-state index contributed by atoms with van der Waals surface area (Å²) >= 11 is 0. The Hall–Kier alpha value is -1.67. The van der Waals surface area contributed by atoms with Crippen LogP contribution in [0.5, 0.6) is 0 Å². The lowest BCUT2D eigenvalue weighted by molar-refractivity contribution is -0.148. The number of Topliss-reactive ketones (excluding diaryl/α,β-unsaturated/α-hetero) is 1. The van der Waals surface area contributed by atoms with Gasteiger partial charge in [-0.15, -0.1) is 0 Å². The lowest BCUT2D eigenvalue weighted by Crippen LogP contribution is -2.36. The van der Waals surface area contributed by atoms with Crippen LogP contribution < -0.4 is 22.7 Å². The molecule has 3 atom stereocenters. The van der Waals surface area contributed by atoms with Crippen LogP contribution in [0.3, 0.4) is 0 Å². The minimum absolute atomic E-state index is 0. The molecular formula is C41H98N4O4. The van der Waals surface area contributed by atoms with E-state index >= 15 is 0 Å². The molecule has 8 heteroatoms. The Morgan fingerprint density at radius 2 is 0.898 bits per heavy atom. The van der Waals surface area contributed by atoms with Gasteiger partial charge in [0.1, 0.15) is 5.78 Å². The predicted molar refractivity (Wildman–Crippen MR) is 224 cm³/mol. The van der Waals surface area contributed by atoms with Gasteiger partial charge in [0.2, 0.25) is 0 Å². The largest absolute Gasteiger partial charge is 0.373 e. The average molecular weight is 711 g/mol. The van der Waals surface area contributed by atoms with E-state index in [4.69, 9.17) is 11.5 Å². The number of amides is 2. The van der Waals surface area contributed by atoms with E-state index in [0.717, 1.165) is 30.6 Å². The van der Waals surface area contributed by atoms with Gasteiger partial charge in [-0.05, 0) is 62.7 Å². The summed E-state index contributed by atoms with van der Waals surface area (Å²) in [5, 5.41) is 2.53. The first-order valence-corrected chi connectivity index (χ1v) is 18.9. The Labute approximate surface area is 311 Å². The summed E-state index contributed by atoms with van der Waals surface area (Å²) in [4.78, 5) is 34.3. The zero-order valence-electron chi connectivity index (χ0n) is 36.9. The van der Waals surface area contributed by atoms with Gasteiger partial charge in [0.05, 0.1) is 5.92 Å². The monoisotopic (exact) mass is 711 g/mol. The van der Waals surface area contributed by atoms with E-state index in [9.17, 15) is 14.4 Å². The summed E-state index contributed by atoms with van der Waals surface area (Å²) < 4.78 is 0. The second-order valence-corrected chi connectivity index (χ2v) is 15.0. The van der Waals surface area contributed by atoms with Crippen molar-refractivity contribution in [3.05, 3.63) is 0 Å². The first-order chi connectivity index (χ1) is 21.7. The molecule has 0 saturated carbocycles. The Balaban J connectivity index is -0.0000000536. The topological polar surface area (TPSA) is 151 Å². The molecule has 0 aliphatic rings. The highest BCUT2D eigenvalue weighted by molar-refractivity contribution is 5.74. The van der Waals surface area contributed by atoms with E-state index < -0.39 is 6.03 Å². The molecular weight excluding hydrogens is 612 g/mol. The fourth-order valence-electron chi connectivity index (χ4n) is 0.628. The van der Waals surface area contributed by atoms with Crippen molar-refractivity contribution in [2.75, 3.05) is 0 Å². The highest BCUT2D eigenvalue weighted by Gasteiger charge is 2.09. The lowest BCUT2D eigenvalue weighted by Gasteiger charge is -2.12. The third-order valence-electron chi connectivity index (χ3n) is 7.19. The SMILES string of the molecule is C.CC(C)C(C)N.CCC(C)(C)C.CCC(C)=O.CCC(C)C.CCC(C)C.CCC(C)C.CCC(C)C(=O)ON.CCC(C)NC(N)=O. The molecule has 0 spiro atoms. The number of rotatable bonds is 9. The first-order valence-electron chi connectivity index (χ1n) is 18.9. The van der Waals surface area contributed by atoms with Crippen molar-refractivity contribution >= 4 is 17.8 Å². The molecule has 0 rings (SSSR count). The van der Waals surface area contributed by atoms with Crippen LogP contribution >= 0.6 is 0 Å². The summed E-state index contributed by atoms with van der Waals surface area (Å²) in [5.74, 6) is 7.73. The lowest BCUT2D eigenvalue weighted by atomic mass is 9.94. The zero-order valence-corrected chi connectivity index (χ0v) is 36.9. The Morgan fingerprint density at radius 3 is 0.939 bits per heavy atom. The summed E-state index contributed by atoms with van der Waals surface area (Å²) in [5.41, 5.74) is 10.8. The van der Waals surface area contributed by atoms with Gasteiger partial charge in [0.25, 0.3) is 0 Å². The van der Waals surface area contributed by atoms with E-state index in [1.807, 2.05) is 34.6 Å². The van der Waals surface area contributed by atoms with E-state index in [0.29, 0.717) is 23.8 Å². The van der Waals surface area contributed by atoms with E-state index in [2.05, 4.69) is 120 Å². The average Bonchev–Trinajstić information content (AvgIpc) is 3.01. The third kappa shape index (κ3) is 122. The van der Waals surface area contributed by atoms with Crippen LogP contribution in [0.2, 0.25) is 0 Å². The van der Waals surface area contributed by atoms with Gasteiger partial charge in [-0.1, -0.05) is 165 Å². The Bertz CT molecular complexity index is 604. The van der Waals surface area contributed by atoms with E-state index in [-0.39, 0.29) is 31.1 Å². The van der Waals surface area contributed by atoms with Gasteiger partial charge in [-0.2, -0.15) is 5.90 Å². The summed E-state index contributed by atoms with van der Waals surface area (Å²) in [6.07, 6.45) is 7.55. The maximum Gasteiger partial charge on any atom is 0.327 e. The van der Waals surface area contributed by atoms with Gasteiger partial charge in [-0.25, -0.2) is 4.79 Å². The minimum atomic E-state index is -0.445. The van der Waals surface area contributed by atoms with Gasteiger partial charge < -0.3 is 26.4 Å². The van der Waals surface area contributed by atoms with Crippen LogP contribution in [0, 0.1) is 35.0 Å². The highest BCUT2D eigenvalue weighted by atomic mass is 16.7. The van der Waals surface area contributed by atoms with Gasteiger partial charge in [0.15, 0.2) is 0 Å². The summed E-state index contributed by atoms with van der Waals surface area (Å²) in [6, 6.07) is 0.108. The number of hydrogen-bond donors (Lipinski definition) is 4. The highest BCUT2D eigenvalue weighted by Crippen LogP contribution is 2.16. The molecule has 0 aliphatic heterocycles. The zero-order chi connectivity index (χ0) is 40.6. The van der Waals surface area contributed by atoms with Crippen molar-refractivity contribution in [3.63, 3.8) is 0 Å². The molecule has 8 nitrogen and oxygen atoms in total. The molecule has 2 amide bonds. The standard InChI is InChI=1S/C6H14.C5H12N2O.C5H11NO2.C5H13N.3C5H12.C4H8O.CH4/c1-5-6(2,3)4;1-3-4(2)7-5(6)8;1-3-4(2)5(7)8-6;1-4(2)5(3)6;3*1-4-5(2)3;1-3-4(2)5;/h5H2,1-4H3;4H,3H2,1-2H3,(H3,6,7,8);4H,3,6H2,1-2H3;4-5H,6H2,1-3H3;3*5H,4H2,1-3H3;3H2,1-2H3;1H4. The minimum Gasteiger partial charge on any atom is -0.373 e. The van der Waals surface area contributed by atoms with Crippen LogP contribution in [0.25, 0.3) is 0 Å². The number of ketones is 1. The molecule has 49 heavy (non-hydrogen) atoms. The predicted octanol–water partition coefficient (Wildman–Crippen LogP) is 12.1. The number of hydrogen-bond acceptors (Lipinski definition) is 6. The van der Waals surface area contributed by atoms with Gasteiger partial charge >= 0.3 is 12.0 Å². The first kappa shape index (κ1) is 69.1. The maximum absolute atomic E-state index is 10.4. The van der Waals surface area contributed by atoms with E-state index in [1.54, 1.807) is 13.8 Å². The van der Waals surface area contributed by atoms with Gasteiger partial charge in [0, 0.05) is 18.5 Å². The number of urea groups is 1. The number of nitrogens with two attached hydrogens (primary N) is 3. The smallest absolute Gasteiger partial charge is 0.327 e. The molecule has 0 aromatic carbocycles. The number of primary amides is 1. The van der Waals surface area contributed by atoms with Crippen LogP contribution in [0.15, 0.2) is 0 Å². The quantitative estimate of drug-likeness (QED) is 0.175. The molecule has 0 aromatic rings. The van der Waals surface area contributed by atoms with Crippen LogP contribution in [0.1, 0.15) is 205 Å². The number of carbonyl (C=O) groups excluding carboxylic acids is 3. The van der Waals surface area contributed by atoms with Crippen molar-refractivity contribution in [3.8, 4) is 0 Å². The van der Waals surface area contributed by atoms with Crippen LogP contribution in [-0.4, -0.2) is 29.9 Å². The normalized spacial score (nSPS) is 11.3. The molecule has 3 unspecified atom stereocenters. The van der Waals surface area contributed by atoms with E-state index in [1.165, 1.54) is 25.7 Å². The van der Waals surface area contributed by atoms with Crippen LogP contribution in [-0.2, 0) is 14.4 Å². The molecule has 306 valence electrons. The molecule has 0 bridgehead atoms. The second kappa shape index (κ2) is 50.7.